The highest BCUT2D eigenvalue weighted by atomic mass is 16.7. The first-order valence-electron chi connectivity index (χ1n) is 10.3. The highest BCUT2D eigenvalue weighted by molar-refractivity contribution is 6.11. The number of carbonyl (C=O) groups excluding carboxylic acids is 4. The fourth-order valence-electron chi connectivity index (χ4n) is 5.36. The molecule has 31 heavy (non-hydrogen) atoms. The molecule has 5 aliphatic heterocycles. The first-order chi connectivity index (χ1) is 15.0. The van der Waals surface area contributed by atoms with E-state index in [0.29, 0.717) is 5.56 Å². The summed E-state index contributed by atoms with van der Waals surface area (Å²) in [6.45, 7) is 0.388. The van der Waals surface area contributed by atoms with E-state index in [0.717, 1.165) is 4.90 Å². The maximum atomic E-state index is 14.0. The lowest BCUT2D eigenvalue weighted by Gasteiger charge is -2.40. The van der Waals surface area contributed by atoms with Crippen molar-refractivity contribution in [3.63, 3.8) is 0 Å². The van der Waals surface area contributed by atoms with Crippen molar-refractivity contribution in [2.75, 3.05) is 13.2 Å². The van der Waals surface area contributed by atoms with Crippen LogP contribution >= 0.6 is 0 Å². The Hall–Kier alpha value is -2.66. The number of nitrogens with zero attached hydrogens (tertiary/aromatic N) is 1. The number of benzene rings is 1. The highest BCUT2D eigenvalue weighted by Crippen LogP contribution is 2.46. The molecule has 162 valence electrons. The Bertz CT molecular complexity index is 983. The SMILES string of the molecule is O=C1C[C@H]([C@]2(c3ccccc3)NC(=O)N([C@@H]3C[C@H]4CO[C@@H](O4)C3=O)C2=O)[C@H]2CO[C@H]1O2. The first kappa shape index (κ1) is 19.1. The molecule has 5 aliphatic rings. The molecule has 0 radical (unpaired) electrons. The first-order valence-corrected chi connectivity index (χ1v) is 10.3. The number of hydrogen-bond donors (Lipinski definition) is 1. The molecule has 5 saturated heterocycles. The molecule has 1 N–H and O–H groups in total. The molecule has 10 nitrogen and oxygen atoms in total. The van der Waals surface area contributed by atoms with Gasteiger partial charge in [-0.2, -0.15) is 0 Å². The molecule has 0 unspecified atom stereocenters. The van der Waals surface area contributed by atoms with E-state index in [1.165, 1.54) is 0 Å². The molecule has 0 aliphatic carbocycles. The van der Waals surface area contributed by atoms with Crippen molar-refractivity contribution >= 4 is 23.5 Å². The van der Waals surface area contributed by atoms with E-state index in [2.05, 4.69) is 5.32 Å². The van der Waals surface area contributed by atoms with Gasteiger partial charge in [0.15, 0.2) is 11.3 Å². The fourth-order valence-corrected chi connectivity index (χ4v) is 5.36. The van der Waals surface area contributed by atoms with Crippen molar-refractivity contribution < 1.29 is 38.1 Å². The number of ether oxygens (including phenoxy) is 4. The summed E-state index contributed by atoms with van der Waals surface area (Å²) >= 11 is 0. The minimum atomic E-state index is -1.55. The van der Waals surface area contributed by atoms with Crippen LogP contribution < -0.4 is 5.32 Å². The minimum Gasteiger partial charge on any atom is -0.343 e. The van der Waals surface area contributed by atoms with Crippen LogP contribution in [0.5, 0.6) is 0 Å². The van der Waals surface area contributed by atoms with Crippen LogP contribution in [0.25, 0.3) is 0 Å². The number of Topliss-reactive ketones (excluding diaryl/α,β-unsaturated/α-hetero) is 2. The lowest BCUT2D eigenvalue weighted by atomic mass is 9.72. The van der Waals surface area contributed by atoms with Gasteiger partial charge in [-0.25, -0.2) is 4.79 Å². The van der Waals surface area contributed by atoms with Gasteiger partial charge < -0.3 is 24.3 Å². The van der Waals surface area contributed by atoms with Crippen molar-refractivity contribution in [2.24, 2.45) is 5.92 Å². The van der Waals surface area contributed by atoms with Crippen LogP contribution in [0.4, 0.5) is 4.79 Å². The summed E-state index contributed by atoms with van der Waals surface area (Å²) in [6.07, 6.45) is -2.71. The lowest BCUT2D eigenvalue weighted by Crippen LogP contribution is -2.58. The number of urea groups is 1. The van der Waals surface area contributed by atoms with Gasteiger partial charge in [-0.1, -0.05) is 30.3 Å². The maximum Gasteiger partial charge on any atom is 0.326 e. The summed E-state index contributed by atoms with van der Waals surface area (Å²) in [6, 6.07) is 7.10. The molecule has 0 aromatic heterocycles. The van der Waals surface area contributed by atoms with Crippen molar-refractivity contribution in [3.8, 4) is 0 Å². The van der Waals surface area contributed by atoms with Crippen LogP contribution in [0.2, 0.25) is 0 Å². The Morgan fingerprint density at radius 1 is 0.968 bits per heavy atom. The summed E-state index contributed by atoms with van der Waals surface area (Å²) in [4.78, 5) is 53.5. The summed E-state index contributed by atoms with van der Waals surface area (Å²) < 4.78 is 21.9. The van der Waals surface area contributed by atoms with Gasteiger partial charge in [0.25, 0.3) is 5.91 Å². The highest BCUT2D eigenvalue weighted by Gasteiger charge is 2.65. The van der Waals surface area contributed by atoms with E-state index in [1.54, 1.807) is 30.3 Å². The van der Waals surface area contributed by atoms with E-state index in [-0.39, 0.29) is 37.9 Å². The second-order valence-corrected chi connectivity index (χ2v) is 8.47. The van der Waals surface area contributed by atoms with Crippen molar-refractivity contribution in [3.05, 3.63) is 35.9 Å². The molecular formula is C21H20N2O8. The molecule has 5 fully saturated rings. The summed E-state index contributed by atoms with van der Waals surface area (Å²) in [5.74, 6) is -1.98. The van der Waals surface area contributed by atoms with Crippen molar-refractivity contribution in [2.45, 2.75) is 49.2 Å². The summed E-state index contributed by atoms with van der Waals surface area (Å²) in [5.41, 5.74) is -1.02. The summed E-state index contributed by atoms with van der Waals surface area (Å²) in [7, 11) is 0. The molecule has 10 heteroatoms. The zero-order chi connectivity index (χ0) is 21.3. The molecule has 6 rings (SSSR count). The smallest absolute Gasteiger partial charge is 0.326 e. The molecule has 7 atom stereocenters. The molecule has 0 spiro atoms. The normalized spacial score (nSPS) is 41.7. The van der Waals surface area contributed by atoms with Crippen LogP contribution in [-0.4, -0.2) is 72.4 Å². The quantitative estimate of drug-likeness (QED) is 0.660. The molecule has 5 heterocycles. The van der Waals surface area contributed by atoms with Gasteiger partial charge >= 0.3 is 6.03 Å². The number of imide groups is 1. The number of carbonyl (C=O) groups is 4. The van der Waals surface area contributed by atoms with E-state index >= 15 is 0 Å². The zero-order valence-corrected chi connectivity index (χ0v) is 16.4. The molecule has 1 aromatic carbocycles. The minimum absolute atomic E-state index is 0.0141. The number of rotatable bonds is 3. The topological polar surface area (TPSA) is 120 Å². The fraction of sp³-hybridized carbons (Fsp3) is 0.524. The van der Waals surface area contributed by atoms with Gasteiger partial charge in [0.1, 0.15) is 6.04 Å². The van der Waals surface area contributed by atoms with Crippen molar-refractivity contribution in [1.29, 1.82) is 0 Å². The van der Waals surface area contributed by atoms with E-state index in [9.17, 15) is 19.2 Å². The predicted octanol–water partition coefficient (Wildman–Crippen LogP) is -0.153. The predicted molar refractivity (Wildman–Crippen MR) is 99.2 cm³/mol. The van der Waals surface area contributed by atoms with Gasteiger partial charge in [0, 0.05) is 18.8 Å². The number of hydrogen-bond acceptors (Lipinski definition) is 8. The van der Waals surface area contributed by atoms with Gasteiger partial charge in [-0.15, -0.1) is 0 Å². The lowest BCUT2D eigenvalue weighted by molar-refractivity contribution is -0.166. The third-order valence-corrected chi connectivity index (χ3v) is 6.82. The number of amides is 3. The number of nitrogens with one attached hydrogen (secondary N) is 1. The average Bonchev–Trinajstić information content (AvgIpc) is 3.45. The van der Waals surface area contributed by atoms with Gasteiger partial charge in [0.05, 0.1) is 25.4 Å². The summed E-state index contributed by atoms with van der Waals surface area (Å²) in [5, 5.41) is 2.84. The average molecular weight is 428 g/mol. The van der Waals surface area contributed by atoms with Gasteiger partial charge in [-0.3, -0.25) is 19.3 Å². The number of ketones is 2. The van der Waals surface area contributed by atoms with Crippen LogP contribution in [0, 0.1) is 5.92 Å². The van der Waals surface area contributed by atoms with Crippen LogP contribution in [0.1, 0.15) is 18.4 Å². The Morgan fingerprint density at radius 2 is 1.74 bits per heavy atom. The van der Waals surface area contributed by atoms with Crippen LogP contribution in [-0.2, 0) is 38.9 Å². The second kappa shape index (κ2) is 6.67. The van der Waals surface area contributed by atoms with Gasteiger partial charge in [0.2, 0.25) is 18.4 Å². The largest absolute Gasteiger partial charge is 0.343 e. The molecule has 4 bridgehead atoms. The molecular weight excluding hydrogens is 408 g/mol. The van der Waals surface area contributed by atoms with Crippen molar-refractivity contribution in [1.82, 2.24) is 10.2 Å². The van der Waals surface area contributed by atoms with E-state index < -0.39 is 53.9 Å². The Labute approximate surface area is 176 Å². The van der Waals surface area contributed by atoms with Crippen LogP contribution in [0.3, 0.4) is 0 Å². The van der Waals surface area contributed by atoms with E-state index in [4.69, 9.17) is 18.9 Å². The number of fused-ring (bicyclic) bond motifs is 4. The van der Waals surface area contributed by atoms with E-state index in [1.807, 2.05) is 0 Å². The zero-order valence-electron chi connectivity index (χ0n) is 16.4. The van der Waals surface area contributed by atoms with Gasteiger partial charge in [-0.05, 0) is 5.56 Å². The Kier molecular flexibility index (Phi) is 4.10. The molecule has 0 saturated carbocycles. The third-order valence-electron chi connectivity index (χ3n) is 6.82. The molecule has 1 aromatic rings. The Balaban J connectivity index is 1.44. The van der Waals surface area contributed by atoms with Crippen LogP contribution in [0.15, 0.2) is 30.3 Å². The standard InChI is InChI=1S/C21H20N2O8/c24-14-7-12(15-9-29-17(14)31-15)21(10-4-2-1-3-5-10)19(26)23(20(27)22-21)13-6-11-8-28-18(30-11)16(13)25/h1-5,11-13,15,17-18H,6-9H2,(H,22,27)/t11-,12-,13+,15+,17-,18-,21-/m0/s1. The maximum absolute atomic E-state index is 14.0. The molecule has 3 amide bonds. The Morgan fingerprint density at radius 3 is 2.55 bits per heavy atom. The monoisotopic (exact) mass is 428 g/mol. The second-order valence-electron chi connectivity index (χ2n) is 8.47. The third kappa shape index (κ3) is 2.59.